The number of methoxy groups -OCH3 is 1. The first-order valence-corrected chi connectivity index (χ1v) is 6.30. The molecule has 0 radical (unpaired) electrons. The Labute approximate surface area is 123 Å². The van der Waals surface area contributed by atoms with E-state index in [1.54, 1.807) is 6.07 Å². The van der Waals surface area contributed by atoms with Gasteiger partial charge in [0.15, 0.2) is 0 Å². The highest BCUT2D eigenvalue weighted by Crippen LogP contribution is 2.46. The van der Waals surface area contributed by atoms with Crippen molar-refractivity contribution < 1.29 is 17.9 Å². The lowest BCUT2D eigenvalue weighted by molar-refractivity contribution is -0.137. The number of rotatable bonds is 2. The van der Waals surface area contributed by atoms with Crippen LogP contribution in [0.4, 0.5) is 13.2 Å². The van der Waals surface area contributed by atoms with Crippen molar-refractivity contribution in [1.82, 2.24) is 0 Å². The highest BCUT2D eigenvalue weighted by molar-refractivity contribution is 6.39. The van der Waals surface area contributed by atoms with Gasteiger partial charge in [0.2, 0.25) is 0 Å². The minimum atomic E-state index is -4.54. The highest BCUT2D eigenvalue weighted by atomic mass is 35.5. The van der Waals surface area contributed by atoms with E-state index in [4.69, 9.17) is 27.9 Å². The molecular formula is C14H9Cl2F3O. The number of benzene rings is 2. The van der Waals surface area contributed by atoms with Crippen LogP contribution in [0.15, 0.2) is 36.4 Å². The van der Waals surface area contributed by atoms with Gasteiger partial charge in [-0.1, -0.05) is 35.3 Å². The van der Waals surface area contributed by atoms with Gasteiger partial charge in [0, 0.05) is 11.1 Å². The van der Waals surface area contributed by atoms with Crippen molar-refractivity contribution in [2.45, 2.75) is 6.18 Å². The molecule has 20 heavy (non-hydrogen) atoms. The fourth-order valence-electron chi connectivity index (χ4n) is 1.93. The van der Waals surface area contributed by atoms with Crippen LogP contribution >= 0.6 is 23.2 Å². The lowest BCUT2D eigenvalue weighted by atomic mass is 9.98. The van der Waals surface area contributed by atoms with Gasteiger partial charge in [0.05, 0.1) is 22.7 Å². The Morgan fingerprint density at radius 2 is 1.45 bits per heavy atom. The number of hydrogen-bond donors (Lipinski definition) is 0. The van der Waals surface area contributed by atoms with E-state index in [1.807, 2.05) is 0 Å². The molecule has 0 aliphatic rings. The average Bonchev–Trinajstić information content (AvgIpc) is 2.37. The zero-order valence-electron chi connectivity index (χ0n) is 10.3. The molecule has 0 aliphatic carbocycles. The molecule has 0 aliphatic heterocycles. The smallest absolute Gasteiger partial charge is 0.417 e. The summed E-state index contributed by atoms with van der Waals surface area (Å²) in [5.41, 5.74) is -0.884. The first-order valence-electron chi connectivity index (χ1n) is 5.55. The summed E-state index contributed by atoms with van der Waals surface area (Å²) in [4.78, 5) is 0. The Balaban J connectivity index is 2.85. The van der Waals surface area contributed by atoms with Gasteiger partial charge in [-0.25, -0.2) is 0 Å². The quantitative estimate of drug-likeness (QED) is 0.690. The van der Waals surface area contributed by atoms with Crippen LogP contribution in [-0.4, -0.2) is 7.11 Å². The van der Waals surface area contributed by atoms with Crippen LogP contribution in [0.25, 0.3) is 11.1 Å². The fourth-order valence-corrected chi connectivity index (χ4v) is 2.52. The fraction of sp³-hybridized carbons (Fsp3) is 0.143. The summed E-state index contributed by atoms with van der Waals surface area (Å²) in [6.45, 7) is 0. The predicted octanol–water partition coefficient (Wildman–Crippen LogP) is 5.69. The normalized spacial score (nSPS) is 11.5. The topological polar surface area (TPSA) is 9.23 Å². The van der Waals surface area contributed by atoms with Gasteiger partial charge in [0.25, 0.3) is 0 Å². The van der Waals surface area contributed by atoms with E-state index in [-0.39, 0.29) is 26.9 Å². The van der Waals surface area contributed by atoms with Crippen LogP contribution in [0.3, 0.4) is 0 Å². The van der Waals surface area contributed by atoms with E-state index in [9.17, 15) is 13.2 Å². The van der Waals surface area contributed by atoms with E-state index in [0.717, 1.165) is 6.07 Å². The van der Waals surface area contributed by atoms with Crippen molar-refractivity contribution in [2.24, 2.45) is 0 Å². The van der Waals surface area contributed by atoms with Crippen LogP contribution in [0.2, 0.25) is 10.0 Å². The van der Waals surface area contributed by atoms with Crippen molar-refractivity contribution in [3.63, 3.8) is 0 Å². The van der Waals surface area contributed by atoms with Gasteiger partial charge in [-0.15, -0.1) is 0 Å². The molecule has 0 saturated heterocycles. The molecule has 0 saturated carbocycles. The summed E-state index contributed by atoms with van der Waals surface area (Å²) >= 11 is 12.0. The van der Waals surface area contributed by atoms with Gasteiger partial charge in [-0.05, 0) is 24.3 Å². The zero-order chi connectivity index (χ0) is 14.9. The molecule has 2 rings (SSSR count). The summed E-state index contributed by atoms with van der Waals surface area (Å²) in [6, 6.07) is 8.21. The van der Waals surface area contributed by atoms with E-state index in [0.29, 0.717) is 0 Å². The second kappa shape index (κ2) is 5.54. The molecule has 6 heteroatoms. The molecule has 0 N–H and O–H groups in total. The molecule has 0 atom stereocenters. The van der Waals surface area contributed by atoms with Crippen molar-refractivity contribution in [3.05, 3.63) is 52.0 Å². The third-order valence-corrected chi connectivity index (χ3v) is 3.39. The van der Waals surface area contributed by atoms with Gasteiger partial charge < -0.3 is 4.74 Å². The minimum Gasteiger partial charge on any atom is -0.496 e. The molecule has 2 aromatic rings. The summed E-state index contributed by atoms with van der Waals surface area (Å²) < 4.78 is 44.5. The van der Waals surface area contributed by atoms with Gasteiger partial charge in [-0.2, -0.15) is 13.2 Å². The first kappa shape index (κ1) is 15.0. The summed E-state index contributed by atoms with van der Waals surface area (Å²) in [7, 11) is 1.30. The highest BCUT2D eigenvalue weighted by Gasteiger charge is 2.36. The molecule has 0 spiro atoms. The summed E-state index contributed by atoms with van der Waals surface area (Å²) in [5.74, 6) is 0.0647. The van der Waals surface area contributed by atoms with Crippen LogP contribution in [0, 0.1) is 0 Å². The maximum absolute atomic E-state index is 13.2. The minimum absolute atomic E-state index is 0.0647. The maximum atomic E-state index is 13.2. The standard InChI is InChI=1S/C14H9Cl2F3O/c1-20-11-7-2-4-8(14(17,18)19)12(11)13-9(15)5-3-6-10(13)16/h2-7H,1H3. The number of ether oxygens (including phenoxy) is 1. The molecule has 2 aromatic carbocycles. The number of hydrogen-bond acceptors (Lipinski definition) is 1. The Hall–Kier alpha value is -1.39. The Morgan fingerprint density at radius 1 is 0.900 bits per heavy atom. The second-order valence-corrected chi connectivity index (χ2v) is 4.79. The van der Waals surface area contributed by atoms with Gasteiger partial charge in [0.1, 0.15) is 5.75 Å². The monoisotopic (exact) mass is 320 g/mol. The number of alkyl halides is 3. The van der Waals surface area contributed by atoms with Crippen LogP contribution in [0.5, 0.6) is 5.75 Å². The van der Waals surface area contributed by atoms with Crippen molar-refractivity contribution in [3.8, 4) is 16.9 Å². The van der Waals surface area contributed by atoms with Crippen LogP contribution < -0.4 is 4.74 Å². The van der Waals surface area contributed by atoms with Crippen molar-refractivity contribution in [1.29, 1.82) is 0 Å². The van der Waals surface area contributed by atoms with Crippen molar-refractivity contribution >= 4 is 23.2 Å². The summed E-state index contributed by atoms with van der Waals surface area (Å²) in [5, 5.41) is 0.264. The van der Waals surface area contributed by atoms with E-state index in [2.05, 4.69) is 0 Å². The number of halogens is 5. The Kier molecular flexibility index (Phi) is 4.16. The Morgan fingerprint density at radius 3 is 1.95 bits per heavy atom. The Bertz CT molecular complexity index is 619. The lowest BCUT2D eigenvalue weighted by Gasteiger charge is -2.18. The summed E-state index contributed by atoms with van der Waals surface area (Å²) in [6.07, 6.45) is -4.54. The molecule has 1 nitrogen and oxygen atoms in total. The van der Waals surface area contributed by atoms with Crippen LogP contribution in [0.1, 0.15) is 5.56 Å². The maximum Gasteiger partial charge on any atom is 0.417 e. The predicted molar refractivity (Wildman–Crippen MR) is 73.5 cm³/mol. The second-order valence-electron chi connectivity index (χ2n) is 3.98. The molecule has 0 unspecified atom stereocenters. The molecule has 0 amide bonds. The van der Waals surface area contributed by atoms with Crippen LogP contribution in [-0.2, 0) is 6.18 Å². The van der Waals surface area contributed by atoms with E-state index in [1.165, 1.54) is 31.4 Å². The molecule has 0 fully saturated rings. The van der Waals surface area contributed by atoms with E-state index >= 15 is 0 Å². The zero-order valence-corrected chi connectivity index (χ0v) is 11.8. The third-order valence-electron chi connectivity index (χ3n) is 2.76. The molecule has 106 valence electrons. The molecular weight excluding hydrogens is 312 g/mol. The largest absolute Gasteiger partial charge is 0.496 e. The van der Waals surface area contributed by atoms with Gasteiger partial charge in [-0.3, -0.25) is 0 Å². The van der Waals surface area contributed by atoms with Gasteiger partial charge >= 0.3 is 6.18 Å². The average molecular weight is 321 g/mol. The SMILES string of the molecule is COc1cccc(C(F)(F)F)c1-c1c(Cl)cccc1Cl. The lowest BCUT2D eigenvalue weighted by Crippen LogP contribution is -2.08. The third kappa shape index (κ3) is 2.72. The van der Waals surface area contributed by atoms with E-state index < -0.39 is 11.7 Å². The molecule has 0 heterocycles. The van der Waals surface area contributed by atoms with Crippen molar-refractivity contribution in [2.75, 3.05) is 7.11 Å². The first-order chi connectivity index (χ1) is 9.36. The molecule has 0 bridgehead atoms. The molecule has 0 aromatic heterocycles.